The van der Waals surface area contributed by atoms with E-state index in [2.05, 4.69) is 5.32 Å². The maximum Gasteiger partial charge on any atom is 0.262 e. The van der Waals surface area contributed by atoms with Gasteiger partial charge in [0.25, 0.3) is 17.7 Å². The minimum absolute atomic E-state index is 0.170. The molecule has 124 valence electrons. The Morgan fingerprint density at radius 1 is 1.16 bits per heavy atom. The number of rotatable bonds is 4. The van der Waals surface area contributed by atoms with Crippen molar-refractivity contribution in [3.05, 3.63) is 59.2 Å². The first kappa shape index (κ1) is 16.2. The van der Waals surface area contributed by atoms with Crippen molar-refractivity contribution in [2.45, 2.75) is 0 Å². The van der Waals surface area contributed by atoms with Gasteiger partial charge in [-0.2, -0.15) is 5.26 Å². The average Bonchev–Trinajstić information content (AvgIpc) is 2.86. The van der Waals surface area contributed by atoms with Crippen LogP contribution in [0, 0.1) is 11.3 Å². The van der Waals surface area contributed by atoms with E-state index in [1.54, 1.807) is 30.3 Å². The maximum absolute atomic E-state index is 12.3. The smallest absolute Gasteiger partial charge is 0.262 e. The highest BCUT2D eigenvalue weighted by Crippen LogP contribution is 2.26. The zero-order valence-corrected chi connectivity index (χ0v) is 13.3. The van der Waals surface area contributed by atoms with E-state index in [0.29, 0.717) is 17.0 Å². The van der Waals surface area contributed by atoms with Gasteiger partial charge in [0.15, 0.2) is 0 Å². The number of fused-ring (bicyclic) bond motifs is 1. The van der Waals surface area contributed by atoms with Crippen molar-refractivity contribution in [3.63, 3.8) is 0 Å². The Kier molecular flexibility index (Phi) is 4.18. The number of hydrogen-bond acceptors (Lipinski definition) is 5. The molecule has 3 rings (SSSR count). The summed E-state index contributed by atoms with van der Waals surface area (Å²) in [5, 5.41) is 11.4. The van der Waals surface area contributed by atoms with Crippen LogP contribution in [0.3, 0.4) is 0 Å². The molecule has 3 amide bonds. The van der Waals surface area contributed by atoms with Crippen LogP contribution in [0.15, 0.2) is 42.5 Å². The number of carbonyl (C=O) groups excluding carboxylic acids is 3. The molecule has 0 saturated carbocycles. The average molecular weight is 335 g/mol. The highest BCUT2D eigenvalue weighted by molar-refractivity contribution is 6.22. The van der Waals surface area contributed by atoms with Gasteiger partial charge in [-0.25, -0.2) is 0 Å². The van der Waals surface area contributed by atoms with Gasteiger partial charge in [0.1, 0.15) is 12.3 Å². The molecule has 2 aromatic rings. The second-order valence-electron chi connectivity index (χ2n) is 5.30. The fourth-order valence-corrected chi connectivity index (χ4v) is 2.55. The van der Waals surface area contributed by atoms with E-state index in [1.807, 2.05) is 0 Å². The predicted molar refractivity (Wildman–Crippen MR) is 88.4 cm³/mol. The van der Waals surface area contributed by atoms with Crippen LogP contribution in [0.25, 0.3) is 0 Å². The first-order valence-electron chi connectivity index (χ1n) is 7.37. The quantitative estimate of drug-likeness (QED) is 0.681. The molecule has 0 unspecified atom stereocenters. The number of benzene rings is 2. The molecule has 1 aliphatic heterocycles. The Morgan fingerprint density at radius 3 is 2.64 bits per heavy atom. The first-order chi connectivity index (χ1) is 12.0. The molecule has 7 heteroatoms. The Morgan fingerprint density at radius 2 is 1.92 bits per heavy atom. The molecule has 7 nitrogen and oxygen atoms in total. The molecule has 0 fully saturated rings. The van der Waals surface area contributed by atoms with E-state index in [-0.39, 0.29) is 23.6 Å². The third-order valence-corrected chi connectivity index (χ3v) is 3.79. The third kappa shape index (κ3) is 2.93. The van der Waals surface area contributed by atoms with E-state index < -0.39 is 11.8 Å². The van der Waals surface area contributed by atoms with Crippen molar-refractivity contribution in [2.24, 2.45) is 0 Å². The van der Waals surface area contributed by atoms with Crippen LogP contribution < -0.4 is 10.1 Å². The number of imide groups is 1. The van der Waals surface area contributed by atoms with Crippen LogP contribution in [0.4, 0.5) is 5.69 Å². The van der Waals surface area contributed by atoms with Crippen LogP contribution in [-0.4, -0.2) is 36.3 Å². The normalized spacial score (nSPS) is 12.6. The molecule has 25 heavy (non-hydrogen) atoms. The summed E-state index contributed by atoms with van der Waals surface area (Å²) in [5.41, 5.74) is 1.17. The highest BCUT2D eigenvalue weighted by Gasteiger charge is 2.35. The number of nitrogens with one attached hydrogen (secondary N) is 1. The molecular weight excluding hydrogens is 322 g/mol. The second kappa shape index (κ2) is 6.45. The SMILES string of the molecule is COc1cccc(C(=O)Nc2ccc3c(c2)C(=O)N(CC#N)C3=O)c1. The van der Waals surface area contributed by atoms with Crippen LogP contribution >= 0.6 is 0 Å². The van der Waals surface area contributed by atoms with Crippen molar-refractivity contribution in [1.82, 2.24) is 4.90 Å². The summed E-state index contributed by atoms with van der Waals surface area (Å²) in [4.78, 5) is 37.5. The predicted octanol–water partition coefficient (Wildman–Crippen LogP) is 2.07. The van der Waals surface area contributed by atoms with E-state index >= 15 is 0 Å². The summed E-state index contributed by atoms with van der Waals surface area (Å²) in [6.07, 6.45) is 0. The Hall–Kier alpha value is -3.66. The van der Waals surface area contributed by atoms with Crippen LogP contribution in [0.2, 0.25) is 0 Å². The summed E-state index contributed by atoms with van der Waals surface area (Å²) < 4.78 is 5.08. The monoisotopic (exact) mass is 335 g/mol. The lowest BCUT2D eigenvalue weighted by Gasteiger charge is -2.08. The summed E-state index contributed by atoms with van der Waals surface area (Å²) in [6, 6.07) is 12.9. The number of hydrogen-bond donors (Lipinski definition) is 1. The molecule has 0 radical (unpaired) electrons. The van der Waals surface area contributed by atoms with Gasteiger partial charge >= 0.3 is 0 Å². The van der Waals surface area contributed by atoms with Gasteiger partial charge < -0.3 is 10.1 Å². The van der Waals surface area contributed by atoms with Gasteiger partial charge in [-0.15, -0.1) is 0 Å². The number of nitrogens with zero attached hydrogens (tertiary/aromatic N) is 2. The standard InChI is InChI=1S/C18H13N3O4/c1-25-13-4-2-3-11(9-13)16(22)20-12-5-6-14-15(10-12)18(24)21(8-7-19)17(14)23/h2-6,9-10H,8H2,1H3,(H,20,22). The van der Waals surface area contributed by atoms with Crippen molar-refractivity contribution in [3.8, 4) is 11.8 Å². The summed E-state index contributed by atoms with van der Waals surface area (Å²) in [5.74, 6) is -0.870. The molecule has 1 N–H and O–H groups in total. The molecule has 2 aromatic carbocycles. The topological polar surface area (TPSA) is 99.5 Å². The fraction of sp³-hybridized carbons (Fsp3) is 0.111. The van der Waals surface area contributed by atoms with Gasteiger partial charge in [-0.05, 0) is 36.4 Å². The Labute approximate surface area is 143 Å². The number of anilines is 1. The number of carbonyl (C=O) groups is 3. The fourth-order valence-electron chi connectivity index (χ4n) is 2.55. The lowest BCUT2D eigenvalue weighted by molar-refractivity contribution is 0.0673. The number of methoxy groups -OCH3 is 1. The van der Waals surface area contributed by atoms with Gasteiger partial charge in [-0.1, -0.05) is 6.07 Å². The second-order valence-corrected chi connectivity index (χ2v) is 5.30. The minimum Gasteiger partial charge on any atom is -0.497 e. The van der Waals surface area contributed by atoms with Crippen molar-refractivity contribution < 1.29 is 19.1 Å². The third-order valence-electron chi connectivity index (χ3n) is 3.79. The molecule has 0 spiro atoms. The Balaban J connectivity index is 1.84. The van der Waals surface area contributed by atoms with Gasteiger partial charge in [-0.3, -0.25) is 19.3 Å². The summed E-state index contributed by atoms with van der Waals surface area (Å²) in [6.45, 7) is -0.308. The molecule has 0 saturated heterocycles. The van der Waals surface area contributed by atoms with Crippen LogP contribution in [-0.2, 0) is 0 Å². The van der Waals surface area contributed by atoms with Crippen molar-refractivity contribution in [1.29, 1.82) is 5.26 Å². The Bertz CT molecular complexity index is 930. The minimum atomic E-state index is -0.543. The number of ether oxygens (including phenoxy) is 1. The lowest BCUT2D eigenvalue weighted by Crippen LogP contribution is -2.29. The molecule has 0 atom stereocenters. The summed E-state index contributed by atoms with van der Waals surface area (Å²) >= 11 is 0. The van der Waals surface area contributed by atoms with Gasteiger partial charge in [0.2, 0.25) is 0 Å². The van der Waals surface area contributed by atoms with Gasteiger partial charge in [0, 0.05) is 11.3 Å². The largest absolute Gasteiger partial charge is 0.497 e. The zero-order chi connectivity index (χ0) is 18.0. The van der Waals surface area contributed by atoms with E-state index in [4.69, 9.17) is 10.00 Å². The highest BCUT2D eigenvalue weighted by atomic mass is 16.5. The van der Waals surface area contributed by atoms with E-state index in [9.17, 15) is 14.4 Å². The molecule has 1 aliphatic rings. The molecule has 0 bridgehead atoms. The van der Waals surface area contributed by atoms with Crippen LogP contribution in [0.1, 0.15) is 31.1 Å². The first-order valence-corrected chi connectivity index (χ1v) is 7.37. The number of nitriles is 1. The van der Waals surface area contributed by atoms with E-state index in [0.717, 1.165) is 4.90 Å². The molecule has 0 aromatic heterocycles. The molecular formula is C18H13N3O4. The number of amides is 3. The molecule has 0 aliphatic carbocycles. The van der Waals surface area contributed by atoms with E-state index in [1.165, 1.54) is 25.3 Å². The lowest BCUT2D eigenvalue weighted by atomic mass is 10.1. The summed E-state index contributed by atoms with van der Waals surface area (Å²) in [7, 11) is 1.51. The maximum atomic E-state index is 12.3. The van der Waals surface area contributed by atoms with Gasteiger partial charge in [0.05, 0.1) is 24.3 Å². The van der Waals surface area contributed by atoms with Crippen molar-refractivity contribution in [2.75, 3.05) is 19.0 Å². The van der Waals surface area contributed by atoms with Crippen molar-refractivity contribution >= 4 is 23.4 Å². The zero-order valence-electron chi connectivity index (χ0n) is 13.3. The molecule has 1 heterocycles. The van der Waals surface area contributed by atoms with Crippen LogP contribution in [0.5, 0.6) is 5.75 Å².